The fourth-order valence-corrected chi connectivity index (χ4v) is 3.34. The second-order valence-corrected chi connectivity index (χ2v) is 6.31. The number of rotatable bonds is 4. The Labute approximate surface area is 141 Å². The Kier molecular flexibility index (Phi) is 4.17. The molecule has 1 aliphatic heterocycles. The summed E-state index contributed by atoms with van der Waals surface area (Å²) in [4.78, 5) is 2.43. The Balaban J connectivity index is 1.49. The van der Waals surface area contributed by atoms with E-state index >= 15 is 0 Å². The summed E-state index contributed by atoms with van der Waals surface area (Å²) in [6.45, 7) is 4.93. The van der Waals surface area contributed by atoms with E-state index in [0.29, 0.717) is 0 Å². The standard InChI is InChI=1S/C19H22N4O/c1-2-15-12-16(24-22-15)13-23-10-8-17-18(9-11-23)20-21-19(17)14-6-4-3-5-7-14/h3-7,12H,2,8-11,13H2,1H3,(H,20,21). The topological polar surface area (TPSA) is 58.0 Å². The van der Waals surface area contributed by atoms with Crippen molar-refractivity contribution in [1.29, 1.82) is 0 Å². The van der Waals surface area contributed by atoms with Gasteiger partial charge in [-0.25, -0.2) is 0 Å². The van der Waals surface area contributed by atoms with Gasteiger partial charge in [0.05, 0.1) is 17.9 Å². The number of hydrogen-bond acceptors (Lipinski definition) is 4. The summed E-state index contributed by atoms with van der Waals surface area (Å²) in [7, 11) is 0. The molecular formula is C19H22N4O. The maximum Gasteiger partial charge on any atom is 0.150 e. The van der Waals surface area contributed by atoms with E-state index in [2.05, 4.69) is 57.5 Å². The summed E-state index contributed by atoms with van der Waals surface area (Å²) >= 11 is 0. The molecule has 4 rings (SSSR count). The summed E-state index contributed by atoms with van der Waals surface area (Å²) in [5.74, 6) is 0.957. The zero-order chi connectivity index (χ0) is 16.4. The minimum Gasteiger partial charge on any atom is -0.360 e. The normalized spacial score (nSPS) is 15.2. The van der Waals surface area contributed by atoms with Gasteiger partial charge in [0, 0.05) is 42.4 Å². The maximum absolute atomic E-state index is 5.44. The van der Waals surface area contributed by atoms with Gasteiger partial charge in [-0.1, -0.05) is 42.4 Å². The average Bonchev–Trinajstić information content (AvgIpc) is 3.20. The Hall–Kier alpha value is -2.40. The molecule has 5 heteroatoms. The van der Waals surface area contributed by atoms with Crippen LogP contribution in [-0.2, 0) is 25.8 Å². The first kappa shape index (κ1) is 15.1. The molecule has 0 bridgehead atoms. The van der Waals surface area contributed by atoms with Crippen molar-refractivity contribution in [2.75, 3.05) is 13.1 Å². The first-order chi connectivity index (χ1) is 11.8. The molecule has 3 heterocycles. The van der Waals surface area contributed by atoms with E-state index < -0.39 is 0 Å². The first-order valence-corrected chi connectivity index (χ1v) is 8.62. The number of nitrogens with zero attached hydrogens (tertiary/aromatic N) is 3. The second-order valence-electron chi connectivity index (χ2n) is 6.31. The number of H-pyrrole nitrogens is 1. The van der Waals surface area contributed by atoms with E-state index in [1.165, 1.54) is 16.8 Å². The minimum atomic E-state index is 0.825. The molecule has 0 aliphatic carbocycles. The highest BCUT2D eigenvalue weighted by atomic mass is 16.5. The van der Waals surface area contributed by atoms with Gasteiger partial charge in [-0.3, -0.25) is 10.00 Å². The van der Waals surface area contributed by atoms with Crippen molar-refractivity contribution in [2.24, 2.45) is 0 Å². The number of aryl methyl sites for hydroxylation is 1. The molecular weight excluding hydrogens is 300 g/mol. The Bertz CT molecular complexity index is 806. The zero-order valence-electron chi connectivity index (χ0n) is 14.0. The van der Waals surface area contributed by atoms with Crippen molar-refractivity contribution in [3.05, 3.63) is 59.1 Å². The van der Waals surface area contributed by atoms with Crippen molar-refractivity contribution in [1.82, 2.24) is 20.3 Å². The lowest BCUT2D eigenvalue weighted by atomic mass is 10.0. The SMILES string of the molecule is CCc1cc(CN2CCc3[nH]nc(-c4ccccc4)c3CC2)on1. The summed E-state index contributed by atoms with van der Waals surface area (Å²) in [5, 5.41) is 11.9. The highest BCUT2D eigenvalue weighted by Crippen LogP contribution is 2.26. The van der Waals surface area contributed by atoms with Crippen molar-refractivity contribution in [3.8, 4) is 11.3 Å². The van der Waals surface area contributed by atoms with Gasteiger partial charge >= 0.3 is 0 Å². The maximum atomic E-state index is 5.44. The number of nitrogens with one attached hydrogen (secondary N) is 1. The van der Waals surface area contributed by atoms with E-state index in [0.717, 1.165) is 56.0 Å². The van der Waals surface area contributed by atoms with Crippen LogP contribution < -0.4 is 0 Å². The molecule has 0 radical (unpaired) electrons. The third kappa shape index (κ3) is 2.99. The van der Waals surface area contributed by atoms with Crippen LogP contribution in [0.1, 0.15) is 29.6 Å². The highest BCUT2D eigenvalue weighted by Gasteiger charge is 2.21. The summed E-state index contributed by atoms with van der Waals surface area (Å²) in [5.41, 5.74) is 5.94. The average molecular weight is 322 g/mol. The van der Waals surface area contributed by atoms with Crippen molar-refractivity contribution >= 4 is 0 Å². The van der Waals surface area contributed by atoms with E-state index in [-0.39, 0.29) is 0 Å². The van der Waals surface area contributed by atoms with Crippen molar-refractivity contribution in [2.45, 2.75) is 32.7 Å². The van der Waals surface area contributed by atoms with Crippen LogP contribution in [0.2, 0.25) is 0 Å². The lowest BCUT2D eigenvalue weighted by Crippen LogP contribution is -2.25. The van der Waals surface area contributed by atoms with Crippen LogP contribution in [0.3, 0.4) is 0 Å². The molecule has 24 heavy (non-hydrogen) atoms. The monoisotopic (exact) mass is 322 g/mol. The van der Waals surface area contributed by atoms with Gasteiger partial charge in [0.25, 0.3) is 0 Å². The van der Waals surface area contributed by atoms with Gasteiger partial charge < -0.3 is 4.52 Å². The van der Waals surface area contributed by atoms with Crippen LogP contribution in [0.15, 0.2) is 40.9 Å². The molecule has 3 aromatic rings. The van der Waals surface area contributed by atoms with Gasteiger partial charge in [0.2, 0.25) is 0 Å². The van der Waals surface area contributed by atoms with Crippen LogP contribution in [-0.4, -0.2) is 33.3 Å². The Morgan fingerprint density at radius 1 is 1.17 bits per heavy atom. The van der Waals surface area contributed by atoms with Crippen LogP contribution in [0.25, 0.3) is 11.3 Å². The van der Waals surface area contributed by atoms with Gasteiger partial charge in [-0.05, 0) is 12.8 Å². The lowest BCUT2D eigenvalue weighted by molar-refractivity contribution is 0.239. The van der Waals surface area contributed by atoms with Crippen LogP contribution in [0.5, 0.6) is 0 Å². The fraction of sp³-hybridized carbons (Fsp3) is 0.368. The Morgan fingerprint density at radius 3 is 2.79 bits per heavy atom. The first-order valence-electron chi connectivity index (χ1n) is 8.62. The molecule has 0 unspecified atom stereocenters. The molecule has 0 amide bonds. The number of fused-ring (bicyclic) bond motifs is 1. The number of aromatic amines is 1. The second kappa shape index (κ2) is 6.61. The number of aromatic nitrogens is 3. The highest BCUT2D eigenvalue weighted by molar-refractivity contribution is 5.64. The summed E-state index contributed by atoms with van der Waals surface area (Å²) in [6.07, 6.45) is 2.91. The molecule has 0 spiro atoms. The van der Waals surface area contributed by atoms with Crippen molar-refractivity contribution < 1.29 is 4.52 Å². The molecule has 1 aromatic carbocycles. The predicted molar refractivity (Wildman–Crippen MR) is 92.6 cm³/mol. The molecule has 0 atom stereocenters. The largest absolute Gasteiger partial charge is 0.360 e. The van der Waals surface area contributed by atoms with E-state index in [9.17, 15) is 0 Å². The molecule has 0 fully saturated rings. The van der Waals surface area contributed by atoms with Gasteiger partial charge in [-0.2, -0.15) is 5.10 Å². The predicted octanol–water partition coefficient (Wildman–Crippen LogP) is 3.23. The van der Waals surface area contributed by atoms with Crippen molar-refractivity contribution in [3.63, 3.8) is 0 Å². The van der Waals surface area contributed by atoms with Crippen LogP contribution >= 0.6 is 0 Å². The zero-order valence-corrected chi connectivity index (χ0v) is 14.0. The molecule has 1 aliphatic rings. The third-order valence-electron chi connectivity index (χ3n) is 4.71. The van der Waals surface area contributed by atoms with Gasteiger partial charge in [0.1, 0.15) is 0 Å². The van der Waals surface area contributed by atoms with Crippen LogP contribution in [0, 0.1) is 0 Å². The quantitative estimate of drug-likeness (QED) is 0.801. The minimum absolute atomic E-state index is 0.825. The summed E-state index contributed by atoms with van der Waals surface area (Å²) < 4.78 is 5.44. The van der Waals surface area contributed by atoms with Gasteiger partial charge in [0.15, 0.2) is 5.76 Å². The molecule has 1 N–H and O–H groups in total. The number of benzene rings is 1. The van der Waals surface area contributed by atoms with E-state index in [1.54, 1.807) is 0 Å². The van der Waals surface area contributed by atoms with E-state index in [1.807, 2.05) is 6.07 Å². The fourth-order valence-electron chi connectivity index (χ4n) is 3.34. The molecule has 5 nitrogen and oxygen atoms in total. The number of hydrogen-bond donors (Lipinski definition) is 1. The van der Waals surface area contributed by atoms with Crippen LogP contribution in [0.4, 0.5) is 0 Å². The molecule has 0 saturated carbocycles. The third-order valence-corrected chi connectivity index (χ3v) is 4.71. The summed E-state index contributed by atoms with van der Waals surface area (Å²) in [6, 6.07) is 12.5. The van der Waals surface area contributed by atoms with E-state index in [4.69, 9.17) is 4.52 Å². The molecule has 0 saturated heterocycles. The van der Waals surface area contributed by atoms with Gasteiger partial charge in [-0.15, -0.1) is 0 Å². The molecule has 124 valence electrons. The molecule has 2 aromatic heterocycles. The Morgan fingerprint density at radius 2 is 2.00 bits per heavy atom. The lowest BCUT2D eigenvalue weighted by Gasteiger charge is -2.17. The smallest absolute Gasteiger partial charge is 0.150 e.